The molecule has 1 aliphatic rings. The first-order chi connectivity index (χ1) is 5.92. The molecular formula is C10H9NS. The topological polar surface area (TPSA) is 23.8 Å². The Morgan fingerprint density at radius 3 is 3.00 bits per heavy atom. The fraction of sp³-hybridized carbons (Fsp3) is 0.100. The van der Waals surface area contributed by atoms with Gasteiger partial charge in [-0.1, -0.05) is 18.2 Å². The Morgan fingerprint density at radius 2 is 2.17 bits per heavy atom. The van der Waals surface area contributed by atoms with E-state index in [4.69, 9.17) is 5.26 Å². The summed E-state index contributed by atoms with van der Waals surface area (Å²) in [4.78, 5) is 1.36. The van der Waals surface area contributed by atoms with E-state index in [2.05, 4.69) is 29.7 Å². The lowest BCUT2D eigenvalue weighted by Gasteiger charge is -2.09. The van der Waals surface area contributed by atoms with Crippen LogP contribution in [0.15, 0.2) is 34.6 Å². The molecule has 1 aromatic rings. The van der Waals surface area contributed by atoms with Crippen molar-refractivity contribution in [2.45, 2.75) is 4.90 Å². The summed E-state index contributed by atoms with van der Waals surface area (Å²) in [7, 11) is -0.303. The molecule has 0 fully saturated rings. The minimum absolute atomic E-state index is 0.303. The van der Waals surface area contributed by atoms with Crippen LogP contribution in [-0.2, 0) is 0 Å². The summed E-state index contributed by atoms with van der Waals surface area (Å²) in [5.41, 5.74) is 1.29. The van der Waals surface area contributed by atoms with Crippen molar-refractivity contribution in [3.05, 3.63) is 35.2 Å². The average Bonchev–Trinajstić information content (AvgIpc) is 2.50. The van der Waals surface area contributed by atoms with Gasteiger partial charge in [0.2, 0.25) is 0 Å². The molecule has 1 aromatic carbocycles. The van der Waals surface area contributed by atoms with Gasteiger partial charge in [0.1, 0.15) is 0 Å². The van der Waals surface area contributed by atoms with E-state index in [0.717, 1.165) is 0 Å². The average molecular weight is 175 g/mol. The monoisotopic (exact) mass is 175 g/mol. The predicted octanol–water partition coefficient (Wildman–Crippen LogP) is 2.55. The van der Waals surface area contributed by atoms with E-state index in [1.807, 2.05) is 12.1 Å². The van der Waals surface area contributed by atoms with Crippen molar-refractivity contribution in [2.24, 2.45) is 0 Å². The fourth-order valence-corrected chi connectivity index (χ4v) is 3.04. The number of rotatable bonds is 1. The summed E-state index contributed by atoms with van der Waals surface area (Å²) in [5, 5.41) is 10.8. The number of hydrogen-bond acceptors (Lipinski definition) is 1. The van der Waals surface area contributed by atoms with Crippen molar-refractivity contribution >= 4 is 17.0 Å². The van der Waals surface area contributed by atoms with E-state index in [1.165, 1.54) is 10.5 Å². The lowest BCUT2D eigenvalue weighted by atomic mass is 10.2. The highest BCUT2D eigenvalue weighted by Gasteiger charge is 2.11. The molecule has 1 atom stereocenters. The molecule has 0 saturated carbocycles. The SMILES string of the molecule is N#CC[SH]1C=Cc2ccccc21. The third-order valence-corrected chi connectivity index (χ3v) is 3.94. The number of thiol groups is 1. The number of fused-ring (bicyclic) bond motifs is 1. The quantitative estimate of drug-likeness (QED) is 0.651. The second kappa shape index (κ2) is 3.04. The Bertz CT molecular complexity index is 362. The van der Waals surface area contributed by atoms with Gasteiger partial charge in [-0.15, -0.1) is 0 Å². The Morgan fingerprint density at radius 1 is 1.33 bits per heavy atom. The molecule has 2 rings (SSSR count). The largest absolute Gasteiger partial charge is 0.197 e. The van der Waals surface area contributed by atoms with Gasteiger partial charge in [-0.3, -0.25) is 0 Å². The molecule has 0 N–H and O–H groups in total. The molecule has 0 spiro atoms. The van der Waals surface area contributed by atoms with Gasteiger partial charge < -0.3 is 0 Å². The Kier molecular flexibility index (Phi) is 1.89. The zero-order valence-corrected chi connectivity index (χ0v) is 7.46. The molecule has 12 heavy (non-hydrogen) atoms. The van der Waals surface area contributed by atoms with Crippen LogP contribution >= 0.6 is 10.9 Å². The molecule has 0 radical (unpaired) electrons. The van der Waals surface area contributed by atoms with Crippen LogP contribution in [0.25, 0.3) is 6.08 Å². The van der Waals surface area contributed by atoms with Crippen LogP contribution in [0.3, 0.4) is 0 Å². The van der Waals surface area contributed by atoms with Gasteiger partial charge in [-0.2, -0.15) is 16.2 Å². The van der Waals surface area contributed by atoms with Crippen molar-refractivity contribution in [2.75, 3.05) is 5.75 Å². The Labute approximate surface area is 74.7 Å². The van der Waals surface area contributed by atoms with E-state index in [0.29, 0.717) is 5.75 Å². The number of nitrogens with zero attached hydrogens (tertiary/aromatic N) is 1. The second-order valence-electron chi connectivity index (χ2n) is 2.66. The summed E-state index contributed by atoms with van der Waals surface area (Å²) in [5.74, 6) is 0.656. The number of benzene rings is 1. The van der Waals surface area contributed by atoms with Crippen molar-refractivity contribution in [3.8, 4) is 6.07 Å². The van der Waals surface area contributed by atoms with Crippen molar-refractivity contribution in [1.29, 1.82) is 5.26 Å². The van der Waals surface area contributed by atoms with Crippen molar-refractivity contribution in [3.63, 3.8) is 0 Å². The summed E-state index contributed by atoms with van der Waals surface area (Å²) in [6, 6.07) is 10.5. The fourth-order valence-electron chi connectivity index (χ4n) is 1.35. The maximum Gasteiger partial charge on any atom is 0.0719 e. The molecule has 60 valence electrons. The number of hydrogen-bond donors (Lipinski definition) is 1. The minimum atomic E-state index is -0.303. The molecule has 1 nitrogen and oxygen atoms in total. The van der Waals surface area contributed by atoms with E-state index in [9.17, 15) is 0 Å². The van der Waals surface area contributed by atoms with Crippen LogP contribution in [0, 0.1) is 11.3 Å². The molecule has 0 saturated heterocycles. The maximum absolute atomic E-state index is 8.58. The maximum atomic E-state index is 8.58. The molecule has 0 bridgehead atoms. The van der Waals surface area contributed by atoms with Crippen LogP contribution in [0.1, 0.15) is 5.56 Å². The van der Waals surface area contributed by atoms with E-state index >= 15 is 0 Å². The van der Waals surface area contributed by atoms with E-state index in [-0.39, 0.29) is 10.9 Å². The molecule has 1 aliphatic heterocycles. The summed E-state index contributed by atoms with van der Waals surface area (Å²) >= 11 is 0. The molecular weight excluding hydrogens is 166 g/mol. The van der Waals surface area contributed by atoms with Gasteiger partial charge in [-0.05, 0) is 28.0 Å². The molecule has 1 heterocycles. The van der Waals surface area contributed by atoms with Crippen molar-refractivity contribution in [1.82, 2.24) is 0 Å². The predicted molar refractivity (Wildman–Crippen MR) is 53.2 cm³/mol. The standard InChI is InChI=1S/C10H9NS/c11-6-8-12-7-5-9-3-1-2-4-10(9)12/h1-5,7,12H,8H2. The highest BCUT2D eigenvalue weighted by molar-refractivity contribution is 8.20. The van der Waals surface area contributed by atoms with Gasteiger partial charge in [0.25, 0.3) is 0 Å². The highest BCUT2D eigenvalue weighted by atomic mass is 32.2. The second-order valence-corrected chi connectivity index (χ2v) is 4.70. The number of nitriles is 1. The molecule has 1 unspecified atom stereocenters. The highest BCUT2D eigenvalue weighted by Crippen LogP contribution is 2.45. The van der Waals surface area contributed by atoms with Crippen molar-refractivity contribution < 1.29 is 0 Å². The van der Waals surface area contributed by atoms with Gasteiger partial charge in [0, 0.05) is 0 Å². The first-order valence-corrected chi connectivity index (χ1v) is 5.42. The first-order valence-electron chi connectivity index (χ1n) is 3.82. The summed E-state index contributed by atoms with van der Waals surface area (Å²) in [6.07, 6.45) is 2.12. The molecule has 0 amide bonds. The minimum Gasteiger partial charge on any atom is -0.197 e. The lowest BCUT2D eigenvalue weighted by molar-refractivity contribution is 1.42. The Hall–Kier alpha value is -1.20. The first kappa shape index (κ1) is 7.45. The molecule has 0 aliphatic carbocycles. The zero-order valence-electron chi connectivity index (χ0n) is 6.57. The summed E-state index contributed by atoms with van der Waals surface area (Å²) < 4.78 is 0. The lowest BCUT2D eigenvalue weighted by Crippen LogP contribution is -1.81. The van der Waals surface area contributed by atoms with E-state index in [1.54, 1.807) is 0 Å². The Balaban J connectivity index is 2.37. The molecule has 0 aromatic heterocycles. The van der Waals surface area contributed by atoms with E-state index < -0.39 is 0 Å². The third-order valence-electron chi connectivity index (χ3n) is 1.92. The van der Waals surface area contributed by atoms with Crippen LogP contribution in [-0.4, -0.2) is 5.75 Å². The van der Waals surface area contributed by atoms with Crippen LogP contribution in [0.4, 0.5) is 0 Å². The summed E-state index contributed by atoms with van der Waals surface area (Å²) in [6.45, 7) is 0. The van der Waals surface area contributed by atoms with Crippen LogP contribution in [0.2, 0.25) is 0 Å². The normalized spacial score (nSPS) is 21.8. The smallest absolute Gasteiger partial charge is 0.0719 e. The van der Waals surface area contributed by atoms with Gasteiger partial charge >= 0.3 is 0 Å². The van der Waals surface area contributed by atoms with Crippen LogP contribution in [0.5, 0.6) is 0 Å². The molecule has 2 heteroatoms. The van der Waals surface area contributed by atoms with Gasteiger partial charge in [0.05, 0.1) is 11.8 Å². The third kappa shape index (κ3) is 1.13. The van der Waals surface area contributed by atoms with Gasteiger partial charge in [-0.25, -0.2) is 0 Å². The van der Waals surface area contributed by atoms with Crippen LogP contribution < -0.4 is 0 Å². The van der Waals surface area contributed by atoms with Gasteiger partial charge in [0.15, 0.2) is 0 Å². The zero-order chi connectivity index (χ0) is 8.39.